The van der Waals surface area contributed by atoms with Crippen molar-refractivity contribution in [1.82, 2.24) is 4.31 Å². The van der Waals surface area contributed by atoms with Gasteiger partial charge in [0.2, 0.25) is 10.0 Å². The highest BCUT2D eigenvalue weighted by atomic mass is 32.2. The molecular formula is C13H25NO3S. The van der Waals surface area contributed by atoms with Gasteiger partial charge in [-0.15, -0.1) is 0 Å². The van der Waals surface area contributed by atoms with Gasteiger partial charge in [-0.05, 0) is 43.9 Å². The van der Waals surface area contributed by atoms with Crippen LogP contribution in [-0.2, 0) is 10.0 Å². The fraction of sp³-hybridized carbons (Fsp3) is 1.00. The molecule has 0 aromatic heterocycles. The Labute approximate surface area is 110 Å². The fourth-order valence-corrected chi connectivity index (χ4v) is 4.57. The lowest BCUT2D eigenvalue weighted by atomic mass is 9.71. The molecule has 1 N–H and O–H groups in total. The molecule has 1 aliphatic heterocycles. The average molecular weight is 275 g/mol. The van der Waals surface area contributed by atoms with Crippen LogP contribution in [0.3, 0.4) is 0 Å². The van der Waals surface area contributed by atoms with Crippen LogP contribution in [0, 0.1) is 5.41 Å². The summed E-state index contributed by atoms with van der Waals surface area (Å²) in [5.41, 5.74) is -0.521. The van der Waals surface area contributed by atoms with Crippen LogP contribution < -0.4 is 0 Å². The molecule has 5 heteroatoms. The Morgan fingerprint density at radius 2 is 1.72 bits per heavy atom. The summed E-state index contributed by atoms with van der Waals surface area (Å²) in [6.07, 6.45) is 5.04. The molecule has 1 saturated carbocycles. The first-order valence-corrected chi connectivity index (χ1v) is 8.54. The molecule has 106 valence electrons. The predicted molar refractivity (Wildman–Crippen MR) is 71.8 cm³/mol. The highest BCUT2D eigenvalue weighted by Crippen LogP contribution is 2.40. The second-order valence-corrected chi connectivity index (χ2v) is 8.83. The van der Waals surface area contributed by atoms with Crippen LogP contribution in [0.4, 0.5) is 0 Å². The summed E-state index contributed by atoms with van der Waals surface area (Å²) in [5.74, 6) is 0.245. The van der Waals surface area contributed by atoms with Crippen LogP contribution in [0.15, 0.2) is 0 Å². The van der Waals surface area contributed by atoms with E-state index in [4.69, 9.17) is 0 Å². The molecule has 4 nitrogen and oxygen atoms in total. The maximum Gasteiger partial charge on any atom is 0.214 e. The lowest BCUT2D eigenvalue weighted by Gasteiger charge is -2.42. The predicted octanol–water partition coefficient (Wildman–Crippen LogP) is 1.74. The first-order valence-electron chi connectivity index (χ1n) is 6.93. The minimum Gasteiger partial charge on any atom is -0.389 e. The molecule has 0 bridgehead atoms. The average Bonchev–Trinajstić information content (AvgIpc) is 2.27. The van der Waals surface area contributed by atoms with Crippen molar-refractivity contribution in [3.05, 3.63) is 0 Å². The number of nitrogens with zero attached hydrogens (tertiary/aromatic N) is 1. The minimum absolute atomic E-state index is 0.245. The van der Waals surface area contributed by atoms with Gasteiger partial charge in [0.25, 0.3) is 0 Å². The highest BCUT2D eigenvalue weighted by Gasteiger charge is 2.40. The molecule has 0 spiro atoms. The Kier molecular flexibility index (Phi) is 3.78. The van der Waals surface area contributed by atoms with Crippen molar-refractivity contribution in [2.45, 2.75) is 58.0 Å². The summed E-state index contributed by atoms with van der Waals surface area (Å²) in [7, 11) is -3.12. The monoisotopic (exact) mass is 275 g/mol. The summed E-state index contributed by atoms with van der Waals surface area (Å²) < 4.78 is 25.4. The molecule has 1 aliphatic carbocycles. The standard InChI is InChI=1S/C13H25NO3S/c1-12(2)5-7-13(15,8-6-12)11-14-9-3-4-10-18(14,16)17/h15H,3-11H2,1-2H3. The zero-order valence-electron chi connectivity index (χ0n) is 11.5. The van der Waals surface area contributed by atoms with Crippen molar-refractivity contribution < 1.29 is 13.5 Å². The SMILES string of the molecule is CC1(C)CCC(O)(CN2CCCCS2(=O)=O)CC1. The molecule has 0 aromatic rings. The third-order valence-corrected chi connectivity index (χ3v) is 6.36. The van der Waals surface area contributed by atoms with E-state index in [-0.39, 0.29) is 11.2 Å². The van der Waals surface area contributed by atoms with Gasteiger partial charge >= 0.3 is 0 Å². The molecule has 1 heterocycles. The van der Waals surface area contributed by atoms with Crippen molar-refractivity contribution in [3.63, 3.8) is 0 Å². The molecular weight excluding hydrogens is 250 g/mol. The lowest BCUT2D eigenvalue weighted by Crippen LogP contribution is -2.50. The van der Waals surface area contributed by atoms with E-state index in [0.717, 1.165) is 25.7 Å². The van der Waals surface area contributed by atoms with Crippen molar-refractivity contribution >= 4 is 10.0 Å². The van der Waals surface area contributed by atoms with E-state index in [2.05, 4.69) is 13.8 Å². The van der Waals surface area contributed by atoms with Crippen LogP contribution in [0.1, 0.15) is 52.4 Å². The molecule has 0 aromatic carbocycles. The Balaban J connectivity index is 2.00. The second kappa shape index (κ2) is 4.76. The summed E-state index contributed by atoms with van der Waals surface area (Å²) in [4.78, 5) is 0. The maximum atomic E-state index is 11.9. The third-order valence-electron chi connectivity index (χ3n) is 4.46. The number of hydrogen-bond acceptors (Lipinski definition) is 3. The van der Waals surface area contributed by atoms with Gasteiger partial charge in [-0.3, -0.25) is 0 Å². The summed E-state index contributed by atoms with van der Waals surface area (Å²) in [6.45, 7) is 5.30. The minimum atomic E-state index is -3.12. The van der Waals surface area contributed by atoms with Crippen molar-refractivity contribution in [1.29, 1.82) is 0 Å². The van der Waals surface area contributed by atoms with Crippen LogP contribution in [0.25, 0.3) is 0 Å². The van der Waals surface area contributed by atoms with Crippen LogP contribution in [0.5, 0.6) is 0 Å². The Bertz CT molecular complexity index is 392. The highest BCUT2D eigenvalue weighted by molar-refractivity contribution is 7.89. The van der Waals surface area contributed by atoms with Gasteiger partial charge in [0, 0.05) is 13.1 Å². The first kappa shape index (κ1) is 14.3. The number of sulfonamides is 1. The number of rotatable bonds is 2. The molecule has 0 unspecified atom stereocenters. The largest absolute Gasteiger partial charge is 0.389 e. The molecule has 1 saturated heterocycles. The number of β-amino-alcohol motifs (C(OH)–C–C–N with tert-alkyl or cyclic N) is 1. The number of hydrogen-bond donors (Lipinski definition) is 1. The smallest absolute Gasteiger partial charge is 0.214 e. The van der Waals surface area contributed by atoms with Gasteiger partial charge in [0.1, 0.15) is 0 Å². The van der Waals surface area contributed by atoms with E-state index >= 15 is 0 Å². The van der Waals surface area contributed by atoms with Gasteiger partial charge in [-0.1, -0.05) is 13.8 Å². The van der Waals surface area contributed by atoms with E-state index in [1.54, 1.807) is 0 Å². The van der Waals surface area contributed by atoms with Crippen molar-refractivity contribution in [2.24, 2.45) is 5.41 Å². The number of aliphatic hydroxyl groups is 1. The van der Waals surface area contributed by atoms with Gasteiger partial charge < -0.3 is 5.11 Å². The summed E-state index contributed by atoms with van der Waals surface area (Å²) in [6, 6.07) is 0. The van der Waals surface area contributed by atoms with E-state index < -0.39 is 15.6 Å². The maximum absolute atomic E-state index is 11.9. The van der Waals surface area contributed by atoms with E-state index in [0.29, 0.717) is 25.9 Å². The van der Waals surface area contributed by atoms with Crippen LogP contribution in [-0.4, -0.2) is 42.3 Å². The quantitative estimate of drug-likeness (QED) is 0.835. The van der Waals surface area contributed by atoms with Gasteiger partial charge in [0.05, 0.1) is 11.4 Å². The van der Waals surface area contributed by atoms with E-state index in [1.165, 1.54) is 4.31 Å². The lowest BCUT2D eigenvalue weighted by molar-refractivity contribution is -0.0374. The molecule has 2 fully saturated rings. The summed E-state index contributed by atoms with van der Waals surface area (Å²) >= 11 is 0. The Morgan fingerprint density at radius 1 is 1.11 bits per heavy atom. The van der Waals surface area contributed by atoms with E-state index in [1.807, 2.05) is 0 Å². The second-order valence-electron chi connectivity index (χ2n) is 6.75. The Hall–Kier alpha value is -0.130. The van der Waals surface area contributed by atoms with Gasteiger partial charge in [0.15, 0.2) is 0 Å². The normalized spacial score (nSPS) is 31.1. The van der Waals surface area contributed by atoms with Crippen LogP contribution >= 0.6 is 0 Å². The fourth-order valence-electron chi connectivity index (χ4n) is 2.90. The Morgan fingerprint density at radius 3 is 2.28 bits per heavy atom. The van der Waals surface area contributed by atoms with Crippen molar-refractivity contribution in [3.8, 4) is 0 Å². The molecule has 18 heavy (non-hydrogen) atoms. The van der Waals surface area contributed by atoms with Crippen molar-refractivity contribution in [2.75, 3.05) is 18.8 Å². The first-order chi connectivity index (χ1) is 8.23. The van der Waals surface area contributed by atoms with Crippen LogP contribution in [0.2, 0.25) is 0 Å². The third kappa shape index (κ3) is 3.25. The molecule has 0 radical (unpaired) electrons. The molecule has 0 atom stereocenters. The molecule has 2 rings (SSSR count). The van der Waals surface area contributed by atoms with E-state index in [9.17, 15) is 13.5 Å². The zero-order chi connectivity index (χ0) is 13.4. The van der Waals surface area contributed by atoms with Gasteiger partial charge in [-0.25, -0.2) is 8.42 Å². The van der Waals surface area contributed by atoms with Gasteiger partial charge in [-0.2, -0.15) is 4.31 Å². The molecule has 2 aliphatic rings. The zero-order valence-corrected chi connectivity index (χ0v) is 12.3. The molecule has 0 amide bonds. The summed E-state index contributed by atoms with van der Waals surface area (Å²) in [5, 5.41) is 10.6. The topological polar surface area (TPSA) is 57.6 Å².